The predicted molar refractivity (Wildman–Crippen MR) is 56.3 cm³/mol. The van der Waals surface area contributed by atoms with Crippen LogP contribution in [0.1, 0.15) is 33.6 Å². The lowest BCUT2D eigenvalue weighted by molar-refractivity contribution is -0.152. The fraction of sp³-hybridized carbons (Fsp3) is 0.727. The van der Waals surface area contributed by atoms with E-state index < -0.39 is 5.92 Å². The maximum Gasteiger partial charge on any atom is 0.310 e. The fourth-order valence-corrected chi connectivity index (χ4v) is 2.02. The Labute approximate surface area is 94.7 Å². The van der Waals surface area contributed by atoms with Gasteiger partial charge in [-0.15, -0.1) is 0 Å². The van der Waals surface area contributed by atoms with Gasteiger partial charge < -0.3 is 4.74 Å². The molecule has 2 unspecified atom stereocenters. The topological polar surface area (TPSA) is 63.7 Å². The molecule has 2 amide bonds. The van der Waals surface area contributed by atoms with Crippen LogP contribution in [0.15, 0.2) is 0 Å². The Morgan fingerprint density at radius 3 is 2.69 bits per heavy atom. The Morgan fingerprint density at radius 1 is 1.56 bits per heavy atom. The third-order valence-corrected chi connectivity index (χ3v) is 2.83. The highest BCUT2D eigenvalue weighted by atomic mass is 16.5. The summed E-state index contributed by atoms with van der Waals surface area (Å²) in [5.74, 6) is -1.30. The van der Waals surface area contributed by atoms with Gasteiger partial charge in [0.15, 0.2) is 0 Å². The van der Waals surface area contributed by atoms with Gasteiger partial charge in [-0.2, -0.15) is 0 Å². The molecule has 0 aromatic rings. The van der Waals surface area contributed by atoms with Gasteiger partial charge >= 0.3 is 5.97 Å². The van der Waals surface area contributed by atoms with Crippen LogP contribution < -0.4 is 0 Å². The molecule has 5 heteroatoms. The number of amides is 2. The number of ether oxygens (including phenoxy) is 1. The lowest BCUT2D eigenvalue weighted by Crippen LogP contribution is -2.43. The van der Waals surface area contributed by atoms with Crippen LogP contribution in [0.4, 0.5) is 0 Å². The molecule has 1 fully saturated rings. The van der Waals surface area contributed by atoms with Gasteiger partial charge in [-0.25, -0.2) is 0 Å². The summed E-state index contributed by atoms with van der Waals surface area (Å²) in [6.07, 6.45) is 0.867. The van der Waals surface area contributed by atoms with Crippen molar-refractivity contribution in [1.29, 1.82) is 0 Å². The number of hydrogen-bond acceptors (Lipinski definition) is 4. The first-order valence-electron chi connectivity index (χ1n) is 5.48. The summed E-state index contributed by atoms with van der Waals surface area (Å²) in [6.45, 7) is 5.07. The van der Waals surface area contributed by atoms with E-state index in [4.69, 9.17) is 4.74 Å². The van der Waals surface area contributed by atoms with E-state index in [1.165, 1.54) is 11.8 Å². The number of hydrogen-bond donors (Lipinski definition) is 0. The molecule has 0 aromatic carbocycles. The van der Waals surface area contributed by atoms with E-state index in [-0.39, 0.29) is 23.8 Å². The highest BCUT2D eigenvalue weighted by molar-refractivity contribution is 5.96. The zero-order chi connectivity index (χ0) is 12.3. The van der Waals surface area contributed by atoms with Gasteiger partial charge in [0.1, 0.15) is 0 Å². The van der Waals surface area contributed by atoms with Gasteiger partial charge in [0.05, 0.1) is 18.6 Å². The number of nitrogens with zero attached hydrogens (tertiary/aromatic N) is 1. The van der Waals surface area contributed by atoms with Crippen molar-refractivity contribution in [3.05, 3.63) is 0 Å². The van der Waals surface area contributed by atoms with Crippen molar-refractivity contribution in [1.82, 2.24) is 4.90 Å². The van der Waals surface area contributed by atoms with Crippen molar-refractivity contribution in [2.45, 2.75) is 39.7 Å². The monoisotopic (exact) mass is 227 g/mol. The van der Waals surface area contributed by atoms with Crippen LogP contribution in [0.5, 0.6) is 0 Å². The molecular weight excluding hydrogens is 210 g/mol. The zero-order valence-electron chi connectivity index (χ0n) is 9.86. The molecule has 16 heavy (non-hydrogen) atoms. The van der Waals surface area contributed by atoms with E-state index in [0.717, 1.165) is 0 Å². The Morgan fingerprint density at radius 2 is 2.19 bits per heavy atom. The van der Waals surface area contributed by atoms with Crippen LogP contribution in [0.3, 0.4) is 0 Å². The normalized spacial score (nSPS) is 22.1. The molecule has 1 rings (SSSR count). The smallest absolute Gasteiger partial charge is 0.310 e. The van der Waals surface area contributed by atoms with Crippen molar-refractivity contribution < 1.29 is 19.1 Å². The number of carbonyl (C=O) groups is 3. The number of carbonyl (C=O) groups excluding carboxylic acids is 3. The molecule has 0 radical (unpaired) electrons. The van der Waals surface area contributed by atoms with E-state index in [1.807, 2.05) is 0 Å². The SMILES string of the molecule is CCOC(=O)C(C)C1CCC(=O)N1C(C)=O. The van der Waals surface area contributed by atoms with Gasteiger partial charge in [-0.1, -0.05) is 0 Å². The molecule has 0 spiro atoms. The second-order valence-corrected chi connectivity index (χ2v) is 3.93. The summed E-state index contributed by atoms with van der Waals surface area (Å²) in [7, 11) is 0. The molecule has 0 bridgehead atoms. The fourth-order valence-electron chi connectivity index (χ4n) is 2.02. The lowest BCUT2D eigenvalue weighted by Gasteiger charge is -2.25. The first kappa shape index (κ1) is 12.7. The maximum absolute atomic E-state index is 11.5. The van der Waals surface area contributed by atoms with Crippen LogP contribution >= 0.6 is 0 Å². The number of likely N-dealkylation sites (tertiary alicyclic amines) is 1. The standard InChI is InChI=1S/C11H17NO4/c1-4-16-11(15)7(2)9-5-6-10(14)12(9)8(3)13/h7,9H,4-6H2,1-3H3. The second kappa shape index (κ2) is 5.09. The summed E-state index contributed by atoms with van der Waals surface area (Å²) in [5, 5.41) is 0. The van der Waals surface area contributed by atoms with E-state index in [1.54, 1.807) is 13.8 Å². The van der Waals surface area contributed by atoms with Crippen molar-refractivity contribution in [3.63, 3.8) is 0 Å². The minimum Gasteiger partial charge on any atom is -0.466 e. The minimum atomic E-state index is -0.449. The molecule has 0 aliphatic carbocycles. The maximum atomic E-state index is 11.5. The van der Waals surface area contributed by atoms with Crippen molar-refractivity contribution >= 4 is 17.8 Å². The molecule has 1 saturated heterocycles. The molecule has 5 nitrogen and oxygen atoms in total. The van der Waals surface area contributed by atoms with E-state index in [0.29, 0.717) is 19.4 Å². The number of rotatable bonds is 3. The molecule has 1 aliphatic heterocycles. The zero-order valence-corrected chi connectivity index (χ0v) is 9.86. The summed E-state index contributed by atoms with van der Waals surface area (Å²) in [6, 6.07) is -0.343. The summed E-state index contributed by atoms with van der Waals surface area (Å²) >= 11 is 0. The highest BCUT2D eigenvalue weighted by Gasteiger charge is 2.40. The van der Waals surface area contributed by atoms with E-state index >= 15 is 0 Å². The van der Waals surface area contributed by atoms with Gasteiger partial charge in [0, 0.05) is 13.3 Å². The predicted octanol–water partition coefficient (Wildman–Crippen LogP) is 0.723. The number of esters is 1. The Kier molecular flexibility index (Phi) is 4.04. The Balaban J connectivity index is 2.75. The highest BCUT2D eigenvalue weighted by Crippen LogP contribution is 2.25. The molecule has 1 aliphatic rings. The molecule has 2 atom stereocenters. The molecular formula is C11H17NO4. The average molecular weight is 227 g/mol. The van der Waals surface area contributed by atoms with E-state index in [2.05, 4.69) is 0 Å². The largest absolute Gasteiger partial charge is 0.466 e. The summed E-state index contributed by atoms with van der Waals surface area (Å²) in [4.78, 5) is 35.5. The molecule has 90 valence electrons. The van der Waals surface area contributed by atoms with Crippen molar-refractivity contribution in [2.24, 2.45) is 5.92 Å². The molecule has 0 N–H and O–H groups in total. The van der Waals surface area contributed by atoms with Crippen LogP contribution in [-0.4, -0.2) is 35.3 Å². The van der Waals surface area contributed by atoms with Crippen molar-refractivity contribution in [3.8, 4) is 0 Å². The van der Waals surface area contributed by atoms with Crippen LogP contribution in [0.25, 0.3) is 0 Å². The molecule has 1 heterocycles. The Bertz CT molecular complexity index is 313. The van der Waals surface area contributed by atoms with E-state index in [9.17, 15) is 14.4 Å². The van der Waals surface area contributed by atoms with Gasteiger partial charge in [0.25, 0.3) is 0 Å². The summed E-state index contributed by atoms with van der Waals surface area (Å²) in [5.41, 5.74) is 0. The quantitative estimate of drug-likeness (QED) is 0.666. The molecule has 0 saturated carbocycles. The van der Waals surface area contributed by atoms with Gasteiger partial charge in [0.2, 0.25) is 11.8 Å². The Hall–Kier alpha value is -1.39. The van der Waals surface area contributed by atoms with Crippen molar-refractivity contribution in [2.75, 3.05) is 6.61 Å². The summed E-state index contributed by atoms with van der Waals surface area (Å²) < 4.78 is 4.89. The lowest BCUT2D eigenvalue weighted by atomic mass is 10.00. The van der Waals surface area contributed by atoms with Gasteiger partial charge in [-0.05, 0) is 20.3 Å². The minimum absolute atomic E-state index is 0.200. The third kappa shape index (κ3) is 2.40. The van der Waals surface area contributed by atoms with Crippen LogP contribution in [-0.2, 0) is 19.1 Å². The second-order valence-electron chi connectivity index (χ2n) is 3.93. The number of imide groups is 1. The average Bonchev–Trinajstić information content (AvgIpc) is 2.59. The molecule has 0 aromatic heterocycles. The first-order chi connectivity index (χ1) is 7.49. The first-order valence-corrected chi connectivity index (χ1v) is 5.48. The van der Waals surface area contributed by atoms with Gasteiger partial charge in [-0.3, -0.25) is 19.3 Å². The van der Waals surface area contributed by atoms with Crippen LogP contribution in [0.2, 0.25) is 0 Å². The third-order valence-electron chi connectivity index (χ3n) is 2.83. The van der Waals surface area contributed by atoms with Crippen LogP contribution in [0, 0.1) is 5.92 Å².